The van der Waals surface area contributed by atoms with Crippen molar-refractivity contribution >= 4 is 17.4 Å². The average molecular weight is 254 g/mol. The van der Waals surface area contributed by atoms with E-state index in [1.807, 2.05) is 6.07 Å². The number of nitrogens with zero attached hydrogens (tertiary/aromatic N) is 2. The summed E-state index contributed by atoms with van der Waals surface area (Å²) in [6, 6.07) is 1.99. The number of pyridine rings is 1. The van der Waals surface area contributed by atoms with Crippen molar-refractivity contribution in [2.45, 2.75) is 31.6 Å². The van der Waals surface area contributed by atoms with Crippen molar-refractivity contribution in [3.05, 3.63) is 22.8 Å². The summed E-state index contributed by atoms with van der Waals surface area (Å²) in [6.07, 6.45) is 4.76. The highest BCUT2D eigenvalue weighted by Gasteiger charge is 2.34. The summed E-state index contributed by atoms with van der Waals surface area (Å²) in [5.41, 5.74) is 6.61. The van der Waals surface area contributed by atoms with E-state index in [4.69, 9.17) is 22.1 Å². The minimum atomic E-state index is 0.368. The number of hydrogen-bond acceptors (Lipinski definition) is 4. The van der Waals surface area contributed by atoms with Crippen molar-refractivity contribution in [3.8, 4) is 0 Å². The van der Waals surface area contributed by atoms with Gasteiger partial charge >= 0.3 is 0 Å². The molecule has 17 heavy (non-hydrogen) atoms. The molecule has 0 aromatic carbocycles. The maximum Gasteiger partial charge on any atom is 0.129 e. The van der Waals surface area contributed by atoms with Gasteiger partial charge in [0.25, 0.3) is 0 Å². The smallest absolute Gasteiger partial charge is 0.129 e. The van der Waals surface area contributed by atoms with Crippen molar-refractivity contribution in [1.82, 2.24) is 4.98 Å². The number of morpholine rings is 1. The number of hydrogen-bond donors (Lipinski definition) is 1. The highest BCUT2D eigenvalue weighted by molar-refractivity contribution is 6.31. The lowest BCUT2D eigenvalue weighted by molar-refractivity contribution is 0.0302. The van der Waals surface area contributed by atoms with E-state index in [1.54, 1.807) is 6.20 Å². The van der Waals surface area contributed by atoms with Gasteiger partial charge < -0.3 is 15.4 Å². The lowest BCUT2D eigenvalue weighted by atomic mass is 10.2. The summed E-state index contributed by atoms with van der Waals surface area (Å²) < 4.78 is 5.81. The third-order valence-electron chi connectivity index (χ3n) is 3.51. The monoisotopic (exact) mass is 253 g/mol. The van der Waals surface area contributed by atoms with Crippen molar-refractivity contribution in [3.63, 3.8) is 0 Å². The van der Waals surface area contributed by atoms with Gasteiger partial charge in [-0.3, -0.25) is 0 Å². The van der Waals surface area contributed by atoms with Crippen molar-refractivity contribution in [1.29, 1.82) is 0 Å². The normalized spacial score (nSPS) is 27.5. The molecule has 0 amide bonds. The summed E-state index contributed by atoms with van der Waals surface area (Å²) in [5, 5.41) is 0.646. The molecule has 4 nitrogen and oxygen atoms in total. The third-order valence-corrected chi connectivity index (χ3v) is 3.85. The van der Waals surface area contributed by atoms with E-state index in [-0.39, 0.29) is 0 Å². The van der Waals surface area contributed by atoms with E-state index < -0.39 is 0 Å². The predicted octanol–water partition coefficient (Wildman–Crippen LogP) is 1.56. The molecule has 2 aliphatic rings. The highest BCUT2D eigenvalue weighted by Crippen LogP contribution is 2.29. The molecule has 0 radical (unpaired) electrons. The summed E-state index contributed by atoms with van der Waals surface area (Å²) in [4.78, 5) is 6.67. The Morgan fingerprint density at radius 2 is 2.12 bits per heavy atom. The van der Waals surface area contributed by atoms with Gasteiger partial charge in [-0.05, 0) is 24.5 Å². The zero-order valence-corrected chi connectivity index (χ0v) is 10.4. The van der Waals surface area contributed by atoms with Crippen LogP contribution in [0.25, 0.3) is 0 Å². The number of ether oxygens (including phenoxy) is 1. The second kappa shape index (κ2) is 4.44. The Hall–Kier alpha value is -0.840. The van der Waals surface area contributed by atoms with Gasteiger partial charge in [-0.25, -0.2) is 4.98 Å². The Kier molecular flexibility index (Phi) is 2.94. The fraction of sp³-hybridized carbons (Fsp3) is 0.583. The van der Waals surface area contributed by atoms with Crippen LogP contribution in [0.4, 0.5) is 5.82 Å². The predicted molar refractivity (Wildman–Crippen MR) is 67.2 cm³/mol. The van der Waals surface area contributed by atoms with Crippen LogP contribution in [0.5, 0.6) is 0 Å². The zero-order chi connectivity index (χ0) is 11.8. The van der Waals surface area contributed by atoms with Crippen LogP contribution in [0.2, 0.25) is 5.02 Å². The molecule has 1 aromatic rings. The summed E-state index contributed by atoms with van der Waals surface area (Å²) >= 11 is 6.02. The molecule has 2 unspecified atom stereocenters. The second-order valence-electron chi connectivity index (χ2n) is 4.70. The van der Waals surface area contributed by atoms with Crippen LogP contribution in [0.3, 0.4) is 0 Å². The van der Waals surface area contributed by atoms with Gasteiger partial charge in [-0.15, -0.1) is 0 Å². The molecule has 2 bridgehead atoms. The maximum atomic E-state index is 6.02. The molecule has 0 spiro atoms. The fourth-order valence-corrected chi connectivity index (χ4v) is 2.78. The maximum absolute atomic E-state index is 6.02. The lowest BCUT2D eigenvalue weighted by Crippen LogP contribution is -2.43. The minimum absolute atomic E-state index is 0.368. The molecule has 92 valence electrons. The first kappa shape index (κ1) is 11.3. The molecule has 2 saturated heterocycles. The highest BCUT2D eigenvalue weighted by atomic mass is 35.5. The zero-order valence-electron chi connectivity index (χ0n) is 9.60. The van der Waals surface area contributed by atoms with Gasteiger partial charge in [-0.2, -0.15) is 0 Å². The molecule has 1 aromatic heterocycles. The first-order chi connectivity index (χ1) is 8.26. The number of nitrogens with two attached hydrogens (primary N) is 1. The Morgan fingerprint density at radius 3 is 2.76 bits per heavy atom. The fourth-order valence-electron chi connectivity index (χ4n) is 2.60. The molecule has 5 heteroatoms. The van der Waals surface area contributed by atoms with Crippen molar-refractivity contribution < 1.29 is 4.74 Å². The van der Waals surface area contributed by atoms with Crippen LogP contribution in [-0.2, 0) is 11.3 Å². The molecule has 3 heterocycles. The van der Waals surface area contributed by atoms with Gasteiger partial charge in [0.05, 0.1) is 17.2 Å². The molecule has 2 atom stereocenters. The summed E-state index contributed by atoms with van der Waals surface area (Å²) in [7, 11) is 0. The Labute approximate surface area is 106 Å². The topological polar surface area (TPSA) is 51.4 Å². The standard InChI is InChI=1S/C12H16ClN3O/c13-11-5-15-12(3-8(11)4-14)16-6-9-1-2-10(7-16)17-9/h3,5,9-10H,1-2,4,6-7,14H2. The second-order valence-corrected chi connectivity index (χ2v) is 5.11. The van der Waals surface area contributed by atoms with Gasteiger partial charge in [0.15, 0.2) is 0 Å². The number of anilines is 1. The SMILES string of the molecule is NCc1cc(N2CC3CCC(C2)O3)ncc1Cl. The molecular formula is C12H16ClN3O. The molecule has 2 fully saturated rings. The van der Waals surface area contributed by atoms with Gasteiger partial charge in [0.2, 0.25) is 0 Å². The molecule has 2 N–H and O–H groups in total. The molecule has 2 aliphatic heterocycles. The van der Waals surface area contributed by atoms with E-state index in [9.17, 15) is 0 Å². The Morgan fingerprint density at radius 1 is 1.41 bits per heavy atom. The number of aromatic nitrogens is 1. The quantitative estimate of drug-likeness (QED) is 0.869. The van der Waals surface area contributed by atoms with Gasteiger partial charge in [0.1, 0.15) is 5.82 Å². The van der Waals surface area contributed by atoms with E-state index in [0.717, 1.165) is 24.5 Å². The van der Waals surface area contributed by atoms with Crippen LogP contribution >= 0.6 is 11.6 Å². The van der Waals surface area contributed by atoms with Crippen LogP contribution in [0.1, 0.15) is 18.4 Å². The minimum Gasteiger partial charge on any atom is -0.371 e. The van der Waals surface area contributed by atoms with E-state index in [2.05, 4.69) is 9.88 Å². The lowest BCUT2D eigenvalue weighted by Gasteiger charge is -2.33. The molecule has 0 saturated carbocycles. The Bertz CT molecular complexity index is 414. The van der Waals surface area contributed by atoms with E-state index in [1.165, 1.54) is 12.8 Å². The van der Waals surface area contributed by atoms with E-state index in [0.29, 0.717) is 23.8 Å². The van der Waals surface area contributed by atoms with Gasteiger partial charge in [0, 0.05) is 25.8 Å². The summed E-state index contributed by atoms with van der Waals surface area (Å²) in [6.45, 7) is 2.30. The summed E-state index contributed by atoms with van der Waals surface area (Å²) in [5.74, 6) is 0.968. The Balaban J connectivity index is 1.84. The molecule has 0 aliphatic carbocycles. The largest absolute Gasteiger partial charge is 0.371 e. The van der Waals surface area contributed by atoms with Gasteiger partial charge in [-0.1, -0.05) is 11.6 Å². The average Bonchev–Trinajstić information content (AvgIpc) is 2.69. The van der Waals surface area contributed by atoms with Crippen molar-refractivity contribution in [2.24, 2.45) is 5.73 Å². The van der Waals surface area contributed by atoms with Crippen LogP contribution in [0, 0.1) is 0 Å². The molecular weight excluding hydrogens is 238 g/mol. The van der Waals surface area contributed by atoms with Crippen LogP contribution < -0.4 is 10.6 Å². The number of halogens is 1. The number of rotatable bonds is 2. The first-order valence-electron chi connectivity index (χ1n) is 6.01. The van der Waals surface area contributed by atoms with Crippen LogP contribution in [0.15, 0.2) is 12.3 Å². The third kappa shape index (κ3) is 2.12. The molecule has 3 rings (SSSR count). The van der Waals surface area contributed by atoms with Crippen LogP contribution in [-0.4, -0.2) is 30.3 Å². The van der Waals surface area contributed by atoms with E-state index >= 15 is 0 Å². The number of fused-ring (bicyclic) bond motifs is 2. The first-order valence-corrected chi connectivity index (χ1v) is 6.39. The van der Waals surface area contributed by atoms with Crippen molar-refractivity contribution in [2.75, 3.05) is 18.0 Å².